The lowest BCUT2D eigenvalue weighted by atomic mass is 9.98. The molecule has 8 heteroatoms. The smallest absolute Gasteiger partial charge is 0.303 e. The van der Waals surface area contributed by atoms with Crippen LogP contribution in [-0.2, 0) is 17.8 Å². The number of nitrogens with zero attached hydrogens (tertiary/aromatic N) is 1. The largest absolute Gasteiger partial charge is 0.504 e. The second-order valence-corrected chi connectivity index (χ2v) is 7.86. The number of phenols is 2. The lowest BCUT2D eigenvalue weighted by Gasteiger charge is -2.09. The molecule has 0 aliphatic carbocycles. The van der Waals surface area contributed by atoms with Crippen LogP contribution in [-0.4, -0.2) is 37.6 Å². The number of carboxylic acids is 1. The Bertz CT molecular complexity index is 1460. The van der Waals surface area contributed by atoms with Gasteiger partial charge in [-0.15, -0.1) is 0 Å². The fourth-order valence-corrected chi connectivity index (χ4v) is 3.67. The van der Waals surface area contributed by atoms with Crippen LogP contribution in [0.1, 0.15) is 23.1 Å². The lowest BCUT2D eigenvalue weighted by Crippen LogP contribution is -2.08. The number of aryl methyl sites for hydroxylation is 1. The number of nitrogens with one attached hydrogen (secondary N) is 1. The normalized spacial score (nSPS) is 11.3. The van der Waals surface area contributed by atoms with Gasteiger partial charge in [-0.25, -0.2) is 0 Å². The van der Waals surface area contributed by atoms with Crippen LogP contribution >= 0.6 is 0 Å². The van der Waals surface area contributed by atoms with Crippen LogP contribution < -0.4 is 5.56 Å². The van der Waals surface area contributed by atoms with Crippen LogP contribution in [0.15, 0.2) is 70.5 Å². The molecule has 0 saturated carbocycles. The van der Waals surface area contributed by atoms with Crippen molar-refractivity contribution in [3.8, 4) is 28.5 Å². The Balaban J connectivity index is 1.67. The molecule has 1 aromatic heterocycles. The van der Waals surface area contributed by atoms with E-state index >= 15 is 0 Å². The van der Waals surface area contributed by atoms with Crippen LogP contribution in [0.4, 0.5) is 0 Å². The molecule has 5 N–H and O–H groups in total. The molecule has 0 aliphatic heterocycles. The van der Waals surface area contributed by atoms with E-state index in [4.69, 9.17) is 5.11 Å². The molecule has 0 bridgehead atoms. The van der Waals surface area contributed by atoms with E-state index in [0.717, 1.165) is 16.7 Å². The molecule has 0 aliphatic rings. The molecule has 0 radical (unpaired) electrons. The van der Waals surface area contributed by atoms with Gasteiger partial charge in [0.2, 0.25) is 5.88 Å². The molecule has 0 fully saturated rings. The minimum absolute atomic E-state index is 0.0594. The van der Waals surface area contributed by atoms with Gasteiger partial charge in [-0.05, 0) is 52.9 Å². The first-order chi connectivity index (χ1) is 16.3. The fraction of sp³-hybridized carbons (Fsp3) is 0.115. The number of phenolic OH excluding ortho intramolecular Hbond substituents is 2. The standard InChI is InChI=1S/C26H22N2O6/c29-22-9-3-16(11-23(22)30)13-27-14-21-20-12-18(7-8-19(20)25(33)28-26(21)34)17-5-1-15(2-6-17)4-10-24(31)32/h1-3,5-9,11-12,14,29-30H,4,10,13H2,(H,31,32)(H2,28,33,34). The summed E-state index contributed by atoms with van der Waals surface area (Å²) >= 11 is 0. The first-order valence-corrected chi connectivity index (χ1v) is 10.5. The number of hydrogen-bond donors (Lipinski definition) is 5. The molecule has 34 heavy (non-hydrogen) atoms. The minimum Gasteiger partial charge on any atom is -0.504 e. The summed E-state index contributed by atoms with van der Waals surface area (Å²) in [6.45, 7) is 0.186. The van der Waals surface area contributed by atoms with E-state index in [0.29, 0.717) is 28.3 Å². The molecule has 4 aromatic rings. The van der Waals surface area contributed by atoms with Crippen molar-refractivity contribution in [1.29, 1.82) is 0 Å². The lowest BCUT2D eigenvalue weighted by molar-refractivity contribution is -0.136. The van der Waals surface area contributed by atoms with Crippen molar-refractivity contribution in [2.24, 2.45) is 4.99 Å². The van der Waals surface area contributed by atoms with Gasteiger partial charge >= 0.3 is 5.97 Å². The first-order valence-electron chi connectivity index (χ1n) is 10.5. The van der Waals surface area contributed by atoms with E-state index in [9.17, 15) is 24.9 Å². The Morgan fingerprint density at radius 3 is 2.26 bits per heavy atom. The number of aromatic hydroxyl groups is 3. The molecule has 4 rings (SSSR count). The molecule has 0 saturated heterocycles. The number of fused-ring (bicyclic) bond motifs is 1. The maximum atomic E-state index is 12.4. The van der Waals surface area contributed by atoms with Crippen LogP contribution in [0.25, 0.3) is 21.9 Å². The van der Waals surface area contributed by atoms with Crippen molar-refractivity contribution in [2.75, 3.05) is 0 Å². The number of pyridine rings is 1. The number of aromatic amines is 1. The molecular formula is C26H22N2O6. The number of H-pyrrole nitrogens is 1. The number of aromatic nitrogens is 1. The maximum Gasteiger partial charge on any atom is 0.303 e. The van der Waals surface area contributed by atoms with Gasteiger partial charge in [-0.3, -0.25) is 19.6 Å². The molecular weight excluding hydrogens is 436 g/mol. The van der Waals surface area contributed by atoms with Crippen LogP contribution in [0.3, 0.4) is 0 Å². The average molecular weight is 458 g/mol. The molecule has 172 valence electrons. The Morgan fingerprint density at radius 2 is 1.56 bits per heavy atom. The summed E-state index contributed by atoms with van der Waals surface area (Å²) < 4.78 is 0. The van der Waals surface area contributed by atoms with Gasteiger partial charge < -0.3 is 20.4 Å². The highest BCUT2D eigenvalue weighted by atomic mass is 16.4. The highest BCUT2D eigenvalue weighted by Gasteiger charge is 2.11. The third-order valence-electron chi connectivity index (χ3n) is 5.49. The Morgan fingerprint density at radius 1 is 0.853 bits per heavy atom. The predicted octanol–water partition coefficient (Wildman–Crippen LogP) is 3.95. The summed E-state index contributed by atoms with van der Waals surface area (Å²) in [4.78, 5) is 29.9. The minimum atomic E-state index is -0.847. The Hall–Kier alpha value is -4.59. The van der Waals surface area contributed by atoms with Gasteiger partial charge in [0.15, 0.2) is 11.5 Å². The number of rotatable bonds is 7. The van der Waals surface area contributed by atoms with Gasteiger partial charge in [0.05, 0.1) is 12.1 Å². The van der Waals surface area contributed by atoms with E-state index in [1.165, 1.54) is 18.3 Å². The van der Waals surface area contributed by atoms with Crippen LogP contribution in [0, 0.1) is 0 Å². The van der Waals surface area contributed by atoms with Gasteiger partial charge in [0.1, 0.15) is 0 Å². The van der Waals surface area contributed by atoms with Gasteiger partial charge in [-0.1, -0.05) is 36.4 Å². The average Bonchev–Trinajstić information content (AvgIpc) is 2.82. The highest BCUT2D eigenvalue weighted by Crippen LogP contribution is 2.28. The van der Waals surface area contributed by atoms with E-state index in [2.05, 4.69) is 9.98 Å². The van der Waals surface area contributed by atoms with Crippen LogP contribution in [0.2, 0.25) is 0 Å². The summed E-state index contributed by atoms with van der Waals surface area (Å²) in [6, 6.07) is 17.2. The van der Waals surface area contributed by atoms with Gasteiger partial charge in [0.25, 0.3) is 5.56 Å². The monoisotopic (exact) mass is 458 g/mol. The molecule has 0 unspecified atom stereocenters. The number of carbonyl (C=O) groups is 1. The summed E-state index contributed by atoms with van der Waals surface area (Å²) in [5.41, 5.74) is 3.18. The maximum absolute atomic E-state index is 12.4. The predicted molar refractivity (Wildman–Crippen MR) is 129 cm³/mol. The highest BCUT2D eigenvalue weighted by molar-refractivity contribution is 6.02. The molecule has 0 amide bonds. The molecule has 0 spiro atoms. The molecule has 0 atom stereocenters. The second kappa shape index (κ2) is 9.50. The van der Waals surface area contributed by atoms with Crippen molar-refractivity contribution in [3.05, 3.63) is 87.7 Å². The van der Waals surface area contributed by atoms with E-state index in [1.54, 1.807) is 24.3 Å². The fourth-order valence-electron chi connectivity index (χ4n) is 3.67. The van der Waals surface area contributed by atoms with E-state index in [-0.39, 0.29) is 30.3 Å². The van der Waals surface area contributed by atoms with E-state index in [1.807, 2.05) is 24.3 Å². The summed E-state index contributed by atoms with van der Waals surface area (Å²) in [5, 5.41) is 39.2. The molecule has 1 heterocycles. The quantitative estimate of drug-likeness (QED) is 0.210. The van der Waals surface area contributed by atoms with Gasteiger partial charge in [-0.2, -0.15) is 0 Å². The number of hydrogen-bond acceptors (Lipinski definition) is 6. The zero-order valence-electron chi connectivity index (χ0n) is 18.0. The summed E-state index contributed by atoms with van der Waals surface area (Å²) in [7, 11) is 0. The van der Waals surface area contributed by atoms with E-state index < -0.39 is 11.5 Å². The van der Waals surface area contributed by atoms with Gasteiger partial charge in [0, 0.05) is 23.4 Å². The zero-order valence-corrected chi connectivity index (χ0v) is 18.0. The molecule has 8 nitrogen and oxygen atoms in total. The van der Waals surface area contributed by atoms with Crippen molar-refractivity contribution in [2.45, 2.75) is 19.4 Å². The summed E-state index contributed by atoms with van der Waals surface area (Å²) in [6.07, 6.45) is 1.95. The third kappa shape index (κ3) is 4.91. The molecule has 3 aromatic carbocycles. The number of carboxylic acid groups (broad SMARTS) is 1. The zero-order chi connectivity index (χ0) is 24.2. The number of benzene rings is 3. The van der Waals surface area contributed by atoms with Crippen molar-refractivity contribution in [3.63, 3.8) is 0 Å². The van der Waals surface area contributed by atoms with Crippen LogP contribution in [0.5, 0.6) is 17.4 Å². The number of aliphatic carboxylic acids is 1. The SMILES string of the molecule is O=C(O)CCc1ccc(-c2ccc3c(=O)[nH]c(O)c(C=NCc4ccc(O)c(O)c4)c3c2)cc1. The summed E-state index contributed by atoms with van der Waals surface area (Å²) in [5.74, 6) is -1.63. The van der Waals surface area contributed by atoms with Crippen molar-refractivity contribution < 1.29 is 25.2 Å². The Kier molecular flexibility index (Phi) is 6.31. The topological polar surface area (TPSA) is 143 Å². The van der Waals surface area contributed by atoms with Crippen molar-refractivity contribution >= 4 is 23.0 Å². The third-order valence-corrected chi connectivity index (χ3v) is 5.49. The van der Waals surface area contributed by atoms with Crippen molar-refractivity contribution in [1.82, 2.24) is 4.98 Å². The number of aliphatic imine (C=N–C) groups is 1. The first kappa shape index (κ1) is 22.6. The second-order valence-electron chi connectivity index (χ2n) is 7.86. The Labute approximate surface area is 194 Å².